The summed E-state index contributed by atoms with van der Waals surface area (Å²) >= 11 is 0. The van der Waals surface area contributed by atoms with Crippen molar-refractivity contribution in [3.05, 3.63) is 65.7 Å². The van der Waals surface area contributed by atoms with Crippen LogP contribution in [0, 0.1) is 5.41 Å². The zero-order valence-corrected chi connectivity index (χ0v) is 14.8. The normalized spacial score (nSPS) is 16.9. The molecule has 0 radical (unpaired) electrons. The van der Waals surface area contributed by atoms with E-state index in [1.54, 1.807) is 5.01 Å². The fraction of sp³-hybridized carbons (Fsp3) is 0.300. The summed E-state index contributed by atoms with van der Waals surface area (Å²) in [5.74, 6) is 0.642. The largest absolute Gasteiger partial charge is 0.385 e. The van der Waals surface area contributed by atoms with Crippen LogP contribution in [-0.4, -0.2) is 29.8 Å². The van der Waals surface area contributed by atoms with Gasteiger partial charge in [0.15, 0.2) is 0 Å². The molecule has 3 N–H and O–H groups in total. The van der Waals surface area contributed by atoms with Crippen LogP contribution in [0.5, 0.6) is 0 Å². The van der Waals surface area contributed by atoms with Gasteiger partial charge in [-0.1, -0.05) is 42.5 Å². The monoisotopic (exact) mass is 335 g/mol. The molecule has 1 unspecified atom stereocenters. The second kappa shape index (κ2) is 7.38. The molecule has 0 fully saturated rings. The highest BCUT2D eigenvalue weighted by Gasteiger charge is 2.32. The first-order valence-electron chi connectivity index (χ1n) is 8.72. The van der Waals surface area contributed by atoms with Crippen LogP contribution in [-0.2, 0) is 6.54 Å². The van der Waals surface area contributed by atoms with E-state index in [0.717, 1.165) is 24.2 Å². The van der Waals surface area contributed by atoms with Crippen molar-refractivity contribution < 1.29 is 0 Å². The maximum absolute atomic E-state index is 8.51. The summed E-state index contributed by atoms with van der Waals surface area (Å²) in [6.07, 6.45) is 0. The fourth-order valence-electron chi connectivity index (χ4n) is 3.21. The van der Waals surface area contributed by atoms with Crippen molar-refractivity contribution in [3.8, 4) is 0 Å². The molecule has 0 aliphatic carbocycles. The summed E-state index contributed by atoms with van der Waals surface area (Å²) in [7, 11) is 0. The van der Waals surface area contributed by atoms with Crippen LogP contribution in [0.2, 0.25) is 0 Å². The van der Waals surface area contributed by atoms with E-state index in [-0.39, 0.29) is 5.92 Å². The molecular weight excluding hydrogens is 310 g/mol. The van der Waals surface area contributed by atoms with Gasteiger partial charge in [0.05, 0.1) is 6.54 Å². The number of nitrogens with one attached hydrogen (secondary N) is 1. The molecule has 2 aromatic rings. The number of anilines is 1. The number of hydrazone groups is 1. The molecule has 130 valence electrons. The third kappa shape index (κ3) is 3.50. The van der Waals surface area contributed by atoms with E-state index >= 15 is 0 Å². The van der Waals surface area contributed by atoms with Crippen LogP contribution in [0.3, 0.4) is 0 Å². The minimum absolute atomic E-state index is 0.269. The van der Waals surface area contributed by atoms with Crippen molar-refractivity contribution in [1.29, 1.82) is 5.41 Å². The molecule has 1 heterocycles. The number of benzene rings is 2. The quantitative estimate of drug-likeness (QED) is 0.850. The SMILES string of the molecule is CCN(CC)c1ccc(C2C(=N)N(Cc3ccccc3)N=C2N)cc1. The molecule has 0 spiro atoms. The highest BCUT2D eigenvalue weighted by Crippen LogP contribution is 2.28. The van der Waals surface area contributed by atoms with Crippen molar-refractivity contribution >= 4 is 17.4 Å². The average Bonchev–Trinajstić information content (AvgIpc) is 2.91. The number of nitrogens with zero attached hydrogens (tertiary/aromatic N) is 3. The Kier molecular flexibility index (Phi) is 5.03. The maximum Gasteiger partial charge on any atom is 0.135 e. The van der Waals surface area contributed by atoms with Gasteiger partial charge in [0.2, 0.25) is 0 Å². The van der Waals surface area contributed by atoms with Gasteiger partial charge in [-0.25, -0.2) is 5.01 Å². The molecule has 1 aliphatic heterocycles. The number of amidine groups is 2. The molecular formula is C20H25N5. The smallest absolute Gasteiger partial charge is 0.135 e. The number of hydrogen-bond donors (Lipinski definition) is 2. The Hall–Kier alpha value is -2.82. The van der Waals surface area contributed by atoms with E-state index in [9.17, 15) is 0 Å². The molecule has 0 amide bonds. The summed E-state index contributed by atoms with van der Waals surface area (Å²) in [4.78, 5) is 2.29. The third-order valence-electron chi connectivity index (χ3n) is 4.61. The van der Waals surface area contributed by atoms with Crippen LogP contribution in [0.1, 0.15) is 30.9 Å². The van der Waals surface area contributed by atoms with Crippen LogP contribution >= 0.6 is 0 Å². The van der Waals surface area contributed by atoms with E-state index < -0.39 is 0 Å². The lowest BCUT2D eigenvalue weighted by atomic mass is 9.97. The van der Waals surface area contributed by atoms with E-state index in [1.165, 1.54) is 5.69 Å². The number of hydrogen-bond acceptors (Lipinski definition) is 4. The number of rotatable bonds is 6. The van der Waals surface area contributed by atoms with Gasteiger partial charge in [-0.15, -0.1) is 0 Å². The molecule has 2 aromatic carbocycles. The lowest BCUT2D eigenvalue weighted by Gasteiger charge is -2.22. The first kappa shape index (κ1) is 17.0. The molecule has 0 saturated carbocycles. The first-order chi connectivity index (χ1) is 12.1. The molecule has 5 nitrogen and oxygen atoms in total. The second-order valence-corrected chi connectivity index (χ2v) is 6.15. The Morgan fingerprint density at radius 3 is 2.28 bits per heavy atom. The summed E-state index contributed by atoms with van der Waals surface area (Å²) in [6, 6.07) is 18.3. The Balaban J connectivity index is 1.77. The van der Waals surface area contributed by atoms with Gasteiger partial charge in [-0.05, 0) is 37.1 Å². The molecule has 0 bridgehead atoms. The Bertz CT molecular complexity index is 747. The van der Waals surface area contributed by atoms with E-state index in [0.29, 0.717) is 18.2 Å². The van der Waals surface area contributed by atoms with Crippen molar-refractivity contribution in [3.63, 3.8) is 0 Å². The standard InChI is InChI=1S/C20H25N5/c1-3-24(4-2)17-12-10-16(11-13-17)18-19(21)23-25(20(18)22)14-15-8-6-5-7-9-15/h5-13,18,22H,3-4,14H2,1-2H3,(H2,21,23). The van der Waals surface area contributed by atoms with E-state index in [4.69, 9.17) is 11.1 Å². The molecule has 0 saturated heterocycles. The highest BCUT2D eigenvalue weighted by atomic mass is 15.5. The van der Waals surface area contributed by atoms with Crippen molar-refractivity contribution in [2.75, 3.05) is 18.0 Å². The van der Waals surface area contributed by atoms with E-state index in [1.807, 2.05) is 30.3 Å². The van der Waals surface area contributed by atoms with Crippen LogP contribution in [0.4, 0.5) is 5.69 Å². The van der Waals surface area contributed by atoms with E-state index in [2.05, 4.69) is 48.1 Å². The minimum atomic E-state index is -0.269. The van der Waals surface area contributed by atoms with Crippen molar-refractivity contribution in [2.45, 2.75) is 26.3 Å². The Labute approximate surface area is 149 Å². The van der Waals surface area contributed by atoms with Crippen molar-refractivity contribution in [2.24, 2.45) is 10.8 Å². The Morgan fingerprint density at radius 2 is 1.68 bits per heavy atom. The zero-order chi connectivity index (χ0) is 17.8. The topological polar surface area (TPSA) is 68.7 Å². The number of nitrogens with two attached hydrogens (primary N) is 1. The highest BCUT2D eigenvalue weighted by molar-refractivity contribution is 6.12. The van der Waals surface area contributed by atoms with Gasteiger partial charge >= 0.3 is 0 Å². The molecule has 1 aliphatic rings. The molecule has 0 aromatic heterocycles. The lowest BCUT2D eigenvalue weighted by Crippen LogP contribution is -2.27. The van der Waals surface area contributed by atoms with Crippen LogP contribution in [0.25, 0.3) is 0 Å². The van der Waals surface area contributed by atoms with Gasteiger partial charge < -0.3 is 10.6 Å². The van der Waals surface area contributed by atoms with Crippen LogP contribution < -0.4 is 10.6 Å². The Morgan fingerprint density at radius 1 is 1.04 bits per heavy atom. The maximum atomic E-state index is 8.51. The average molecular weight is 335 g/mol. The predicted octanol–water partition coefficient (Wildman–Crippen LogP) is 3.38. The van der Waals surface area contributed by atoms with Gasteiger partial charge in [-0.3, -0.25) is 5.41 Å². The van der Waals surface area contributed by atoms with Gasteiger partial charge in [0.25, 0.3) is 0 Å². The molecule has 25 heavy (non-hydrogen) atoms. The summed E-state index contributed by atoms with van der Waals surface area (Å²) in [6.45, 7) is 6.81. The first-order valence-corrected chi connectivity index (χ1v) is 8.72. The van der Waals surface area contributed by atoms with Crippen LogP contribution in [0.15, 0.2) is 59.7 Å². The zero-order valence-electron chi connectivity index (χ0n) is 14.8. The minimum Gasteiger partial charge on any atom is -0.385 e. The fourth-order valence-corrected chi connectivity index (χ4v) is 3.21. The molecule has 3 rings (SSSR count). The predicted molar refractivity (Wildman–Crippen MR) is 104 cm³/mol. The summed E-state index contributed by atoms with van der Waals surface area (Å²) in [5, 5.41) is 14.6. The summed E-state index contributed by atoms with van der Waals surface area (Å²) in [5.41, 5.74) is 9.47. The van der Waals surface area contributed by atoms with Crippen molar-refractivity contribution in [1.82, 2.24) is 5.01 Å². The molecule has 5 heteroatoms. The third-order valence-corrected chi connectivity index (χ3v) is 4.61. The molecule has 1 atom stereocenters. The lowest BCUT2D eigenvalue weighted by molar-refractivity contribution is 0.443. The summed E-state index contributed by atoms with van der Waals surface area (Å²) < 4.78 is 0. The van der Waals surface area contributed by atoms with Gasteiger partial charge in [0, 0.05) is 18.8 Å². The van der Waals surface area contributed by atoms with Gasteiger partial charge in [0.1, 0.15) is 17.6 Å². The van der Waals surface area contributed by atoms with Gasteiger partial charge in [-0.2, -0.15) is 5.10 Å². The second-order valence-electron chi connectivity index (χ2n) is 6.15.